The maximum Gasteiger partial charge on any atom is 0.247 e. The highest BCUT2D eigenvalue weighted by molar-refractivity contribution is 7.92. The molecule has 1 aliphatic rings. The van der Waals surface area contributed by atoms with Gasteiger partial charge in [-0.25, -0.2) is 8.42 Å². The van der Waals surface area contributed by atoms with Crippen LogP contribution in [0.25, 0.3) is 0 Å². The van der Waals surface area contributed by atoms with Crippen molar-refractivity contribution in [2.24, 2.45) is 0 Å². The first-order valence-electron chi connectivity index (χ1n) is 9.77. The second-order valence-corrected chi connectivity index (χ2v) is 10.1. The second kappa shape index (κ2) is 9.45. The first-order chi connectivity index (χ1) is 14.2. The summed E-state index contributed by atoms with van der Waals surface area (Å²) in [6.45, 7) is 3.60. The van der Waals surface area contributed by atoms with E-state index in [1.54, 1.807) is 0 Å². The van der Waals surface area contributed by atoms with Gasteiger partial charge in [-0.3, -0.25) is 9.10 Å². The van der Waals surface area contributed by atoms with Gasteiger partial charge in [0.05, 0.1) is 22.0 Å². The Morgan fingerprint density at radius 3 is 2.23 bits per heavy atom. The molecule has 1 amide bonds. The topological polar surface area (TPSA) is 69.7 Å². The van der Waals surface area contributed by atoms with Crippen LogP contribution in [-0.4, -0.2) is 39.7 Å². The lowest BCUT2D eigenvalue weighted by Gasteiger charge is -2.29. The molecule has 0 bridgehead atoms. The summed E-state index contributed by atoms with van der Waals surface area (Å²) in [5, 5.41) is 3.31. The van der Waals surface area contributed by atoms with Gasteiger partial charge in [-0.1, -0.05) is 23.2 Å². The maximum atomic E-state index is 12.8. The molecule has 2 aromatic carbocycles. The van der Waals surface area contributed by atoms with E-state index in [1.807, 2.05) is 24.3 Å². The molecular weight excluding hydrogens is 445 g/mol. The number of halogens is 2. The number of anilines is 3. The number of carbonyl (C=O) groups is 1. The number of hydrogen-bond donors (Lipinski definition) is 1. The Kier molecular flexibility index (Phi) is 7.16. The number of nitrogens with one attached hydrogen (secondary N) is 1. The molecule has 0 spiro atoms. The summed E-state index contributed by atoms with van der Waals surface area (Å²) >= 11 is 12.0. The van der Waals surface area contributed by atoms with Gasteiger partial charge in [-0.2, -0.15) is 0 Å². The van der Waals surface area contributed by atoms with E-state index in [0.717, 1.165) is 29.3 Å². The lowest BCUT2D eigenvalue weighted by atomic mass is 10.1. The lowest BCUT2D eigenvalue weighted by Crippen LogP contribution is -2.45. The van der Waals surface area contributed by atoms with Gasteiger partial charge in [0.15, 0.2) is 0 Å². The van der Waals surface area contributed by atoms with Crippen LogP contribution in [0.3, 0.4) is 0 Å². The molecule has 1 aliphatic heterocycles. The summed E-state index contributed by atoms with van der Waals surface area (Å²) in [6, 6.07) is 11.1. The Balaban J connectivity index is 1.76. The molecule has 1 atom stereocenters. The summed E-state index contributed by atoms with van der Waals surface area (Å²) < 4.78 is 25.9. The minimum absolute atomic E-state index is 0.212. The molecule has 0 aromatic heterocycles. The summed E-state index contributed by atoms with van der Waals surface area (Å²) in [5.41, 5.74) is 2.00. The largest absolute Gasteiger partial charge is 0.372 e. The molecule has 0 aliphatic carbocycles. The fourth-order valence-electron chi connectivity index (χ4n) is 3.59. The molecular formula is C21H25Cl2N3O3S. The van der Waals surface area contributed by atoms with Crippen molar-refractivity contribution in [1.82, 2.24) is 0 Å². The Hall–Kier alpha value is -1.96. The smallest absolute Gasteiger partial charge is 0.247 e. The molecule has 6 nitrogen and oxygen atoms in total. The number of piperidine rings is 1. The number of hydrogen-bond acceptors (Lipinski definition) is 4. The highest BCUT2D eigenvalue weighted by Gasteiger charge is 2.29. The van der Waals surface area contributed by atoms with Crippen molar-refractivity contribution in [3.8, 4) is 0 Å². The van der Waals surface area contributed by atoms with Crippen molar-refractivity contribution in [3.63, 3.8) is 0 Å². The molecule has 1 saturated heterocycles. The third-order valence-corrected chi connectivity index (χ3v) is 7.08. The summed E-state index contributed by atoms with van der Waals surface area (Å²) in [6.07, 6.45) is 4.68. The molecule has 1 fully saturated rings. The average Bonchev–Trinajstić information content (AvgIpc) is 2.71. The van der Waals surface area contributed by atoms with E-state index in [9.17, 15) is 13.2 Å². The first kappa shape index (κ1) is 22.7. The van der Waals surface area contributed by atoms with Crippen LogP contribution < -0.4 is 14.5 Å². The molecule has 30 heavy (non-hydrogen) atoms. The van der Waals surface area contributed by atoms with Gasteiger partial charge < -0.3 is 10.2 Å². The monoisotopic (exact) mass is 469 g/mol. The number of sulfonamides is 1. The van der Waals surface area contributed by atoms with Gasteiger partial charge in [0.25, 0.3) is 0 Å². The molecule has 9 heteroatoms. The summed E-state index contributed by atoms with van der Waals surface area (Å²) in [5.74, 6) is -0.447. The number of carbonyl (C=O) groups excluding carboxylic acids is 1. The normalized spacial score (nSPS) is 15.5. The molecule has 0 unspecified atom stereocenters. The van der Waals surface area contributed by atoms with Crippen molar-refractivity contribution >= 4 is 56.2 Å². The Morgan fingerprint density at radius 2 is 1.67 bits per heavy atom. The zero-order chi connectivity index (χ0) is 21.9. The van der Waals surface area contributed by atoms with Crippen LogP contribution in [0.4, 0.5) is 17.1 Å². The molecule has 1 heterocycles. The van der Waals surface area contributed by atoms with Gasteiger partial charge in [0.1, 0.15) is 6.04 Å². The number of nitrogens with zero attached hydrogens (tertiary/aromatic N) is 2. The molecule has 0 saturated carbocycles. The van der Waals surface area contributed by atoms with Crippen LogP contribution in [0.1, 0.15) is 26.2 Å². The molecule has 2 aromatic rings. The zero-order valence-electron chi connectivity index (χ0n) is 16.9. The first-order valence-corrected chi connectivity index (χ1v) is 12.4. The predicted molar refractivity (Wildman–Crippen MR) is 124 cm³/mol. The fourth-order valence-corrected chi connectivity index (χ4v) is 5.04. The predicted octanol–water partition coefficient (Wildman–Crippen LogP) is 4.78. The average molecular weight is 470 g/mol. The van der Waals surface area contributed by atoms with Crippen molar-refractivity contribution < 1.29 is 13.2 Å². The van der Waals surface area contributed by atoms with Gasteiger partial charge in [-0.15, -0.1) is 0 Å². The second-order valence-electron chi connectivity index (χ2n) is 7.42. The number of rotatable bonds is 6. The van der Waals surface area contributed by atoms with Crippen molar-refractivity contribution in [2.75, 3.05) is 33.9 Å². The van der Waals surface area contributed by atoms with Crippen molar-refractivity contribution in [1.29, 1.82) is 0 Å². The van der Waals surface area contributed by atoms with Crippen molar-refractivity contribution in [3.05, 3.63) is 52.5 Å². The van der Waals surface area contributed by atoms with Crippen LogP contribution in [-0.2, 0) is 14.8 Å². The van der Waals surface area contributed by atoms with E-state index >= 15 is 0 Å². The van der Waals surface area contributed by atoms with E-state index < -0.39 is 22.0 Å². The minimum atomic E-state index is -3.74. The third-order valence-electron chi connectivity index (χ3n) is 5.10. The molecule has 162 valence electrons. The zero-order valence-corrected chi connectivity index (χ0v) is 19.3. The van der Waals surface area contributed by atoms with Crippen LogP contribution in [0.2, 0.25) is 10.0 Å². The molecule has 3 rings (SSSR count). The minimum Gasteiger partial charge on any atom is -0.372 e. The highest BCUT2D eigenvalue weighted by Crippen LogP contribution is 2.30. The quantitative estimate of drug-likeness (QED) is 0.660. The Labute approximate surface area is 187 Å². The van der Waals surface area contributed by atoms with E-state index in [0.29, 0.717) is 10.7 Å². The van der Waals surface area contributed by atoms with Crippen LogP contribution in [0.15, 0.2) is 42.5 Å². The van der Waals surface area contributed by atoms with Gasteiger partial charge >= 0.3 is 0 Å². The number of amides is 1. The van der Waals surface area contributed by atoms with E-state index in [4.69, 9.17) is 23.2 Å². The lowest BCUT2D eigenvalue weighted by molar-refractivity contribution is -0.116. The third kappa shape index (κ3) is 5.39. The van der Waals surface area contributed by atoms with E-state index in [2.05, 4.69) is 10.2 Å². The van der Waals surface area contributed by atoms with Crippen LogP contribution >= 0.6 is 23.2 Å². The van der Waals surface area contributed by atoms with Crippen molar-refractivity contribution in [2.45, 2.75) is 32.2 Å². The van der Waals surface area contributed by atoms with Gasteiger partial charge in [-0.05, 0) is 68.7 Å². The molecule has 1 N–H and O–H groups in total. The van der Waals surface area contributed by atoms with E-state index in [-0.39, 0.29) is 10.7 Å². The van der Waals surface area contributed by atoms with Gasteiger partial charge in [0.2, 0.25) is 15.9 Å². The molecule has 0 radical (unpaired) electrons. The summed E-state index contributed by atoms with van der Waals surface area (Å²) in [7, 11) is -3.74. The highest BCUT2D eigenvalue weighted by atomic mass is 35.5. The van der Waals surface area contributed by atoms with Crippen LogP contribution in [0.5, 0.6) is 0 Å². The Bertz CT molecular complexity index is 1010. The maximum absolute atomic E-state index is 12.8. The Morgan fingerprint density at radius 1 is 1.03 bits per heavy atom. The van der Waals surface area contributed by atoms with Gasteiger partial charge in [0, 0.05) is 24.5 Å². The van der Waals surface area contributed by atoms with Crippen LogP contribution in [0, 0.1) is 0 Å². The van der Waals surface area contributed by atoms with E-state index in [1.165, 1.54) is 44.4 Å². The fraction of sp³-hybridized carbons (Fsp3) is 0.381. The number of benzene rings is 2. The summed E-state index contributed by atoms with van der Waals surface area (Å²) in [4.78, 5) is 15.2. The SMILES string of the molecule is C[C@@H](C(=O)Nc1ccc(N2CCCCC2)cc1)N(c1ccc(Cl)c(Cl)c1)S(C)(=O)=O. The standard InChI is InChI=1S/C21H25Cl2N3O3S/c1-15(26(30(2,28)29)18-10-11-19(22)20(23)14-18)21(27)24-16-6-8-17(9-7-16)25-12-4-3-5-13-25/h6-11,14-15H,3-5,12-13H2,1-2H3,(H,24,27)/t15-/m0/s1.